The van der Waals surface area contributed by atoms with Crippen LogP contribution in [0.15, 0.2) is 11.6 Å². The molecule has 0 aliphatic heterocycles. The molecule has 0 radical (unpaired) electrons. The molecular weight excluding hydrogens is 420 g/mol. The molecule has 3 saturated carbocycles. The van der Waals surface area contributed by atoms with E-state index in [9.17, 15) is 8.42 Å². The lowest BCUT2D eigenvalue weighted by Gasteiger charge is -2.58. The Kier molecular flexibility index (Phi) is 6.95. The first kappa shape index (κ1) is 24.7. The van der Waals surface area contributed by atoms with Crippen LogP contribution in [0.5, 0.6) is 0 Å². The van der Waals surface area contributed by atoms with Gasteiger partial charge in [0.1, 0.15) is 0 Å². The Balaban J connectivity index is 1.47. The summed E-state index contributed by atoms with van der Waals surface area (Å²) in [5.74, 6) is 4.83. The molecule has 0 aromatic carbocycles. The molecule has 8 atom stereocenters. The van der Waals surface area contributed by atoms with Gasteiger partial charge in [0.05, 0.1) is 6.10 Å². The van der Waals surface area contributed by atoms with Crippen LogP contribution in [0.1, 0.15) is 105 Å². The van der Waals surface area contributed by atoms with Crippen LogP contribution < -0.4 is 0 Å². The van der Waals surface area contributed by atoms with Crippen molar-refractivity contribution in [2.24, 2.45) is 46.3 Å². The molecule has 4 aliphatic carbocycles. The number of hydrogen-bond donors (Lipinski definition) is 1. The van der Waals surface area contributed by atoms with Crippen molar-refractivity contribution in [2.75, 3.05) is 0 Å². The zero-order valence-corrected chi connectivity index (χ0v) is 21.8. The van der Waals surface area contributed by atoms with Gasteiger partial charge in [-0.25, -0.2) is 4.18 Å². The number of hydrogen-bond acceptors (Lipinski definition) is 3. The molecule has 0 saturated heterocycles. The minimum absolute atomic E-state index is 0.171. The standard InChI is InChI=1S/C27H46O4S/c1-18(2)7-6-8-19(3)23-11-12-24-22-10-9-20-17-21(31-32(28,29)30)13-15-26(20,4)25(22)14-16-27(23,24)5/h9,18-19,21-25H,6-8,10-17H2,1-5H3,(H,28,29,30)/t19-,21-,22+,23-,24+,25+,26+,27-/m1/s1. The summed E-state index contributed by atoms with van der Waals surface area (Å²) in [5, 5.41) is 0. The maximum Gasteiger partial charge on any atom is 0.397 e. The Morgan fingerprint density at radius 3 is 2.50 bits per heavy atom. The lowest BCUT2D eigenvalue weighted by Crippen LogP contribution is -2.51. The van der Waals surface area contributed by atoms with E-state index in [1.807, 2.05) is 0 Å². The molecule has 4 nitrogen and oxygen atoms in total. The normalized spacial score (nSPS) is 42.7. The van der Waals surface area contributed by atoms with E-state index in [-0.39, 0.29) is 5.41 Å². The van der Waals surface area contributed by atoms with Gasteiger partial charge in [0, 0.05) is 0 Å². The predicted molar refractivity (Wildman–Crippen MR) is 129 cm³/mol. The molecule has 0 aromatic heterocycles. The summed E-state index contributed by atoms with van der Waals surface area (Å²) in [7, 11) is -4.38. The minimum Gasteiger partial charge on any atom is -0.264 e. The molecule has 184 valence electrons. The summed E-state index contributed by atoms with van der Waals surface area (Å²) in [6.45, 7) is 12.3. The topological polar surface area (TPSA) is 63.6 Å². The smallest absolute Gasteiger partial charge is 0.264 e. The van der Waals surface area contributed by atoms with Crippen molar-refractivity contribution in [2.45, 2.75) is 111 Å². The van der Waals surface area contributed by atoms with Crippen LogP contribution in [0, 0.1) is 46.3 Å². The molecule has 1 N–H and O–H groups in total. The summed E-state index contributed by atoms with van der Waals surface area (Å²) in [6, 6.07) is 0. The van der Waals surface area contributed by atoms with Crippen LogP contribution in [0.25, 0.3) is 0 Å². The molecule has 0 unspecified atom stereocenters. The van der Waals surface area contributed by atoms with Crippen molar-refractivity contribution in [1.29, 1.82) is 0 Å². The highest BCUT2D eigenvalue weighted by molar-refractivity contribution is 7.80. The molecule has 32 heavy (non-hydrogen) atoms. The van der Waals surface area contributed by atoms with Crippen LogP contribution in [0.2, 0.25) is 0 Å². The van der Waals surface area contributed by atoms with Crippen molar-refractivity contribution in [1.82, 2.24) is 0 Å². The Bertz CT molecular complexity index is 818. The third-order valence-electron chi connectivity index (χ3n) is 10.5. The molecule has 0 spiro atoms. The molecule has 0 bridgehead atoms. The van der Waals surface area contributed by atoms with Gasteiger partial charge in [0.15, 0.2) is 0 Å². The van der Waals surface area contributed by atoms with Gasteiger partial charge in [-0.15, -0.1) is 0 Å². The molecule has 4 rings (SSSR count). The van der Waals surface area contributed by atoms with Crippen LogP contribution in [0.4, 0.5) is 0 Å². The van der Waals surface area contributed by atoms with E-state index in [0.29, 0.717) is 24.2 Å². The van der Waals surface area contributed by atoms with E-state index in [1.165, 1.54) is 50.5 Å². The third-order valence-corrected chi connectivity index (χ3v) is 11.0. The monoisotopic (exact) mass is 466 g/mol. The van der Waals surface area contributed by atoms with Crippen LogP contribution in [-0.2, 0) is 14.6 Å². The quantitative estimate of drug-likeness (QED) is 0.318. The Hall–Kier alpha value is -0.390. The van der Waals surface area contributed by atoms with E-state index in [2.05, 4.69) is 40.7 Å². The average molecular weight is 467 g/mol. The molecule has 0 aromatic rings. The lowest BCUT2D eigenvalue weighted by molar-refractivity contribution is -0.0560. The van der Waals surface area contributed by atoms with E-state index in [0.717, 1.165) is 42.4 Å². The predicted octanol–water partition coefficient (Wildman–Crippen LogP) is 7.22. The second-order valence-electron chi connectivity index (χ2n) is 12.7. The zero-order valence-electron chi connectivity index (χ0n) is 21.0. The summed E-state index contributed by atoms with van der Waals surface area (Å²) in [4.78, 5) is 0. The highest BCUT2D eigenvalue weighted by Gasteiger charge is 2.59. The molecule has 0 heterocycles. The largest absolute Gasteiger partial charge is 0.397 e. The van der Waals surface area contributed by atoms with Crippen LogP contribution in [0.3, 0.4) is 0 Å². The van der Waals surface area contributed by atoms with Gasteiger partial charge in [-0.3, -0.25) is 4.55 Å². The first-order valence-corrected chi connectivity index (χ1v) is 14.7. The second kappa shape index (κ2) is 9.00. The highest BCUT2D eigenvalue weighted by atomic mass is 32.3. The Morgan fingerprint density at radius 1 is 1.06 bits per heavy atom. The molecular formula is C27H46O4S. The summed E-state index contributed by atoms with van der Waals surface area (Å²) in [6.07, 6.45) is 15.1. The van der Waals surface area contributed by atoms with E-state index >= 15 is 0 Å². The molecule has 4 aliphatic rings. The Labute approximate surface area is 196 Å². The van der Waals surface area contributed by atoms with Gasteiger partial charge in [0.25, 0.3) is 0 Å². The lowest BCUT2D eigenvalue weighted by atomic mass is 9.47. The zero-order chi connectivity index (χ0) is 23.3. The Morgan fingerprint density at radius 2 is 1.81 bits per heavy atom. The van der Waals surface area contributed by atoms with Gasteiger partial charge in [-0.1, -0.05) is 65.5 Å². The fourth-order valence-corrected chi connectivity index (χ4v) is 9.41. The first-order chi connectivity index (χ1) is 14.9. The fourth-order valence-electron chi connectivity index (χ4n) is 8.91. The SMILES string of the molecule is CC(C)CCC[C@@H](C)[C@H]1CC[C@H]2[C@@H]3CC=C4C[C@H](OS(=O)(=O)O)CC[C@]4(C)[C@H]3CC[C@]12C. The third kappa shape index (κ3) is 4.60. The number of rotatable bonds is 7. The minimum atomic E-state index is -4.38. The number of fused-ring (bicyclic) bond motifs is 5. The van der Waals surface area contributed by atoms with Gasteiger partial charge in [0.2, 0.25) is 0 Å². The van der Waals surface area contributed by atoms with Crippen molar-refractivity contribution in [3.05, 3.63) is 11.6 Å². The average Bonchev–Trinajstić information content (AvgIpc) is 3.04. The summed E-state index contributed by atoms with van der Waals surface area (Å²) < 4.78 is 36.6. The number of allylic oxidation sites excluding steroid dienone is 1. The van der Waals surface area contributed by atoms with E-state index < -0.39 is 16.5 Å². The van der Waals surface area contributed by atoms with Gasteiger partial charge in [-0.2, -0.15) is 8.42 Å². The van der Waals surface area contributed by atoms with Gasteiger partial charge in [-0.05, 0) is 97.7 Å². The summed E-state index contributed by atoms with van der Waals surface area (Å²) in [5.41, 5.74) is 2.05. The van der Waals surface area contributed by atoms with Crippen molar-refractivity contribution >= 4 is 10.4 Å². The summed E-state index contributed by atoms with van der Waals surface area (Å²) >= 11 is 0. The molecule has 0 amide bonds. The van der Waals surface area contributed by atoms with Gasteiger partial charge < -0.3 is 0 Å². The highest BCUT2D eigenvalue weighted by Crippen LogP contribution is 2.67. The fraction of sp³-hybridized carbons (Fsp3) is 0.926. The van der Waals surface area contributed by atoms with E-state index in [1.54, 1.807) is 0 Å². The molecule has 5 heteroatoms. The molecule has 3 fully saturated rings. The first-order valence-electron chi connectivity index (χ1n) is 13.3. The van der Waals surface area contributed by atoms with Crippen molar-refractivity contribution in [3.63, 3.8) is 0 Å². The van der Waals surface area contributed by atoms with Crippen molar-refractivity contribution in [3.8, 4) is 0 Å². The maximum absolute atomic E-state index is 11.2. The second-order valence-corrected chi connectivity index (χ2v) is 13.7. The van der Waals surface area contributed by atoms with Crippen LogP contribution in [-0.4, -0.2) is 19.1 Å². The maximum atomic E-state index is 11.2. The van der Waals surface area contributed by atoms with Crippen LogP contribution >= 0.6 is 0 Å². The van der Waals surface area contributed by atoms with Crippen molar-refractivity contribution < 1.29 is 17.2 Å². The van der Waals surface area contributed by atoms with E-state index in [4.69, 9.17) is 8.74 Å². The van der Waals surface area contributed by atoms with Gasteiger partial charge >= 0.3 is 10.4 Å².